The van der Waals surface area contributed by atoms with Gasteiger partial charge >= 0.3 is 7.82 Å². The number of nitrogens with zero attached hydrogens (tertiary/aromatic N) is 1. The molecule has 1 amide bonds. The molecular formula is C54H104N2O6P+. The lowest BCUT2D eigenvalue weighted by Gasteiger charge is -2.25. The SMILES string of the molecule is CC/C=C/CC/C=C/CC/C=C/C(O)C(COP(=O)(O)OCC[N+](C)(C)C)NC(=O)CCCCCCCCCCCCCCCCCCCCC/C=C\CCCCCCCCCC. The van der Waals surface area contributed by atoms with Crippen LogP contribution in [-0.4, -0.2) is 73.4 Å². The summed E-state index contributed by atoms with van der Waals surface area (Å²) in [5.41, 5.74) is 0. The summed E-state index contributed by atoms with van der Waals surface area (Å²) in [6.07, 6.45) is 59.5. The Labute approximate surface area is 390 Å². The first-order chi connectivity index (χ1) is 30.5. The summed E-state index contributed by atoms with van der Waals surface area (Å²) < 4.78 is 23.5. The van der Waals surface area contributed by atoms with Gasteiger partial charge in [-0.2, -0.15) is 0 Å². The molecule has 0 saturated heterocycles. The highest BCUT2D eigenvalue weighted by Gasteiger charge is 2.27. The summed E-state index contributed by atoms with van der Waals surface area (Å²) in [4.78, 5) is 23.1. The molecule has 0 bridgehead atoms. The molecule has 9 heteroatoms. The van der Waals surface area contributed by atoms with E-state index in [1.54, 1.807) is 6.08 Å². The fraction of sp³-hybridized carbons (Fsp3) is 0.833. The number of unbranched alkanes of at least 4 members (excludes halogenated alkanes) is 29. The molecule has 0 aliphatic heterocycles. The van der Waals surface area contributed by atoms with E-state index in [1.807, 2.05) is 27.2 Å². The number of aliphatic hydroxyl groups excluding tert-OH is 1. The van der Waals surface area contributed by atoms with E-state index < -0.39 is 20.0 Å². The molecule has 3 atom stereocenters. The van der Waals surface area contributed by atoms with Gasteiger partial charge in [-0.1, -0.05) is 217 Å². The van der Waals surface area contributed by atoms with Gasteiger partial charge in [0.15, 0.2) is 0 Å². The van der Waals surface area contributed by atoms with Crippen LogP contribution in [0.4, 0.5) is 0 Å². The van der Waals surface area contributed by atoms with E-state index in [9.17, 15) is 19.4 Å². The lowest BCUT2D eigenvalue weighted by Crippen LogP contribution is -2.45. The highest BCUT2D eigenvalue weighted by atomic mass is 31.2. The van der Waals surface area contributed by atoms with Crippen molar-refractivity contribution in [2.75, 3.05) is 40.9 Å². The van der Waals surface area contributed by atoms with Crippen LogP contribution in [0.3, 0.4) is 0 Å². The zero-order valence-corrected chi connectivity index (χ0v) is 43.0. The summed E-state index contributed by atoms with van der Waals surface area (Å²) in [6, 6.07) is -0.867. The topological polar surface area (TPSA) is 105 Å². The maximum atomic E-state index is 12.9. The van der Waals surface area contributed by atoms with Crippen molar-refractivity contribution in [3.8, 4) is 0 Å². The number of nitrogens with one attached hydrogen (secondary N) is 1. The van der Waals surface area contributed by atoms with Crippen molar-refractivity contribution < 1.29 is 32.9 Å². The zero-order chi connectivity index (χ0) is 46.4. The summed E-state index contributed by atoms with van der Waals surface area (Å²) in [7, 11) is 1.55. The van der Waals surface area contributed by atoms with Crippen LogP contribution in [0.2, 0.25) is 0 Å². The van der Waals surface area contributed by atoms with Crippen molar-refractivity contribution in [3.05, 3.63) is 48.6 Å². The summed E-state index contributed by atoms with van der Waals surface area (Å²) in [5, 5.41) is 13.8. The normalized spacial score (nSPS) is 14.5. The van der Waals surface area contributed by atoms with Crippen LogP contribution in [0.25, 0.3) is 0 Å². The van der Waals surface area contributed by atoms with Gasteiger partial charge in [0.05, 0.1) is 39.9 Å². The molecule has 0 saturated carbocycles. The number of hydrogen-bond donors (Lipinski definition) is 3. The third-order valence-electron chi connectivity index (χ3n) is 11.8. The van der Waals surface area contributed by atoms with Crippen molar-refractivity contribution in [1.82, 2.24) is 5.32 Å². The second-order valence-corrected chi connectivity index (χ2v) is 20.7. The minimum Gasteiger partial charge on any atom is -0.387 e. The molecule has 63 heavy (non-hydrogen) atoms. The largest absolute Gasteiger partial charge is 0.472 e. The molecule has 0 aromatic rings. The minimum atomic E-state index is -4.35. The van der Waals surface area contributed by atoms with Crippen LogP contribution in [0.5, 0.6) is 0 Å². The Morgan fingerprint density at radius 2 is 0.921 bits per heavy atom. The monoisotopic (exact) mass is 908 g/mol. The molecule has 0 heterocycles. The number of carbonyl (C=O) groups is 1. The Bertz CT molecular complexity index is 1170. The standard InChI is InChI=1S/C54H103N2O6P/c1-6-8-10-12-14-16-18-19-20-21-22-23-24-25-26-27-28-29-30-31-32-33-34-35-36-37-38-40-42-44-46-48-54(58)55-52(51-62-63(59,60)61-50-49-56(3,4)5)53(57)47-45-43-41-39-17-15-13-11-9-7-2/h9,11,17,21-22,39,45,47,52-53,57H,6-8,10,12-16,18-20,23-38,40-44,46,48-51H2,1-5H3,(H-,55,58,59,60)/p+1/b11-9+,22-21-,39-17+,47-45+. The van der Waals surface area contributed by atoms with Crippen LogP contribution < -0.4 is 5.32 Å². The predicted molar refractivity (Wildman–Crippen MR) is 272 cm³/mol. The molecule has 370 valence electrons. The molecular weight excluding hydrogens is 804 g/mol. The first-order valence-corrected chi connectivity index (χ1v) is 28.0. The lowest BCUT2D eigenvalue weighted by molar-refractivity contribution is -0.870. The number of phosphoric ester groups is 1. The van der Waals surface area contributed by atoms with E-state index in [1.165, 1.54) is 167 Å². The number of quaternary nitrogens is 1. The number of carbonyl (C=O) groups excluding carboxylic acids is 1. The molecule has 3 unspecified atom stereocenters. The van der Waals surface area contributed by atoms with Crippen LogP contribution in [0, 0.1) is 0 Å². The van der Waals surface area contributed by atoms with Crippen molar-refractivity contribution in [1.29, 1.82) is 0 Å². The third kappa shape index (κ3) is 48.2. The van der Waals surface area contributed by atoms with Crippen molar-refractivity contribution in [3.63, 3.8) is 0 Å². The van der Waals surface area contributed by atoms with Gasteiger partial charge in [0.2, 0.25) is 5.91 Å². The smallest absolute Gasteiger partial charge is 0.387 e. The predicted octanol–water partition coefficient (Wildman–Crippen LogP) is 15.6. The Morgan fingerprint density at radius 3 is 1.35 bits per heavy atom. The van der Waals surface area contributed by atoms with Crippen molar-refractivity contribution >= 4 is 13.7 Å². The van der Waals surface area contributed by atoms with Gasteiger partial charge in [0.1, 0.15) is 13.2 Å². The van der Waals surface area contributed by atoms with Crippen LogP contribution in [0.15, 0.2) is 48.6 Å². The van der Waals surface area contributed by atoms with Crippen molar-refractivity contribution in [2.45, 2.75) is 251 Å². The number of hydrogen-bond acceptors (Lipinski definition) is 5. The maximum Gasteiger partial charge on any atom is 0.472 e. The van der Waals surface area contributed by atoms with E-state index in [4.69, 9.17) is 9.05 Å². The number of aliphatic hydroxyl groups is 1. The van der Waals surface area contributed by atoms with E-state index in [0.29, 0.717) is 17.4 Å². The molecule has 0 aromatic carbocycles. The van der Waals surface area contributed by atoms with Crippen LogP contribution >= 0.6 is 7.82 Å². The molecule has 0 aliphatic rings. The Balaban J connectivity index is 3.99. The Kier molecular flexibility index (Phi) is 44.5. The van der Waals surface area contributed by atoms with E-state index in [-0.39, 0.29) is 19.1 Å². The number of amides is 1. The highest BCUT2D eigenvalue weighted by molar-refractivity contribution is 7.47. The van der Waals surface area contributed by atoms with Gasteiger partial charge < -0.3 is 19.8 Å². The zero-order valence-electron chi connectivity index (χ0n) is 42.1. The number of allylic oxidation sites excluding steroid dienone is 7. The Morgan fingerprint density at radius 1 is 0.540 bits per heavy atom. The molecule has 0 spiro atoms. The second kappa shape index (κ2) is 45.6. The second-order valence-electron chi connectivity index (χ2n) is 19.2. The van der Waals surface area contributed by atoms with Gasteiger partial charge in [-0.15, -0.1) is 0 Å². The van der Waals surface area contributed by atoms with Crippen molar-refractivity contribution in [2.24, 2.45) is 0 Å². The molecule has 3 N–H and O–H groups in total. The third-order valence-corrected chi connectivity index (χ3v) is 12.7. The van der Waals surface area contributed by atoms with Crippen LogP contribution in [-0.2, 0) is 18.4 Å². The van der Waals surface area contributed by atoms with Gasteiger partial charge in [0.25, 0.3) is 0 Å². The minimum absolute atomic E-state index is 0.0534. The summed E-state index contributed by atoms with van der Waals surface area (Å²) in [6.45, 7) is 4.67. The van der Waals surface area contributed by atoms with Crippen LogP contribution in [0.1, 0.15) is 239 Å². The van der Waals surface area contributed by atoms with E-state index >= 15 is 0 Å². The molecule has 8 nitrogen and oxygen atoms in total. The number of phosphoric acid groups is 1. The maximum absolute atomic E-state index is 12.9. The highest BCUT2D eigenvalue weighted by Crippen LogP contribution is 2.43. The summed E-state index contributed by atoms with van der Waals surface area (Å²) >= 11 is 0. The molecule has 0 radical (unpaired) electrons. The summed E-state index contributed by atoms with van der Waals surface area (Å²) in [5.74, 6) is -0.191. The lowest BCUT2D eigenvalue weighted by atomic mass is 10.0. The van der Waals surface area contributed by atoms with E-state index in [2.05, 4.69) is 55.6 Å². The van der Waals surface area contributed by atoms with Gasteiger partial charge in [-0.05, 0) is 64.2 Å². The average Bonchev–Trinajstić information content (AvgIpc) is 3.24. The van der Waals surface area contributed by atoms with Gasteiger partial charge in [-0.3, -0.25) is 13.8 Å². The Hall–Kier alpha value is -1.54. The fourth-order valence-corrected chi connectivity index (χ4v) is 8.34. The molecule has 0 rings (SSSR count). The van der Waals surface area contributed by atoms with E-state index in [0.717, 1.165) is 51.4 Å². The van der Waals surface area contributed by atoms with Gasteiger partial charge in [-0.25, -0.2) is 4.57 Å². The molecule has 0 aliphatic carbocycles. The average molecular weight is 908 g/mol. The molecule has 0 aromatic heterocycles. The molecule has 0 fully saturated rings. The van der Waals surface area contributed by atoms with Gasteiger partial charge in [0, 0.05) is 6.42 Å². The number of likely N-dealkylation sites (N-methyl/N-ethyl adjacent to an activating group) is 1. The quantitative estimate of drug-likeness (QED) is 0.0243. The number of rotatable bonds is 48. The fourth-order valence-electron chi connectivity index (χ4n) is 7.61. The first-order valence-electron chi connectivity index (χ1n) is 26.5. The first kappa shape index (κ1) is 61.5.